The summed E-state index contributed by atoms with van der Waals surface area (Å²) in [5.41, 5.74) is 12.9. The van der Waals surface area contributed by atoms with Crippen LogP contribution in [-0.4, -0.2) is 14.5 Å². The van der Waals surface area contributed by atoms with Crippen molar-refractivity contribution in [3.8, 4) is 61.8 Å². The quantitative estimate of drug-likeness (QED) is 0.124. The summed E-state index contributed by atoms with van der Waals surface area (Å²) in [7, 11) is 0. The number of hydrogen-bond donors (Lipinski definition) is 0. The molecule has 61 heavy (non-hydrogen) atoms. The van der Waals surface area contributed by atoms with Crippen LogP contribution in [0.2, 0.25) is 0 Å². The Morgan fingerprint density at radius 3 is 1.59 bits per heavy atom. The highest BCUT2D eigenvalue weighted by atomic mass is 15.0. The van der Waals surface area contributed by atoms with Crippen molar-refractivity contribution in [3.63, 3.8) is 0 Å². The second-order valence-electron chi connectivity index (χ2n) is 15.7. The molecule has 0 unspecified atom stereocenters. The van der Waals surface area contributed by atoms with Crippen molar-refractivity contribution in [1.29, 1.82) is 0 Å². The zero-order valence-electron chi connectivity index (χ0n) is 33.2. The second kappa shape index (κ2) is 14.3. The molecule has 3 nitrogen and oxygen atoms in total. The van der Waals surface area contributed by atoms with Crippen molar-refractivity contribution in [2.24, 2.45) is 0 Å². The molecule has 12 aromatic rings. The maximum absolute atomic E-state index is 5.37. The lowest BCUT2D eigenvalue weighted by Crippen LogP contribution is -2.00. The van der Waals surface area contributed by atoms with Crippen molar-refractivity contribution in [3.05, 3.63) is 224 Å². The summed E-state index contributed by atoms with van der Waals surface area (Å²) >= 11 is 0. The highest BCUT2D eigenvalue weighted by Crippen LogP contribution is 2.41. The largest absolute Gasteiger partial charge is 0.309 e. The SMILES string of the molecule is c1ccc(-c2ccc(-c3nc(-c4ccc(-c5c6ccccc6cc6c5ccc5ccccc56)cc4)cc(-c4ccccc4-n4c5ccccc5c5ccccc54)n3)cc2)cc1. The highest BCUT2D eigenvalue weighted by molar-refractivity contribution is 6.20. The van der Waals surface area contributed by atoms with E-state index in [1.54, 1.807) is 0 Å². The van der Waals surface area contributed by atoms with Crippen molar-refractivity contribution in [1.82, 2.24) is 14.5 Å². The summed E-state index contributed by atoms with van der Waals surface area (Å²) in [4.78, 5) is 10.7. The molecule has 0 N–H and O–H groups in total. The molecule has 0 saturated heterocycles. The third kappa shape index (κ3) is 5.90. The molecule has 10 aromatic carbocycles. The van der Waals surface area contributed by atoms with Gasteiger partial charge in [-0.2, -0.15) is 0 Å². The molecule has 0 aliphatic heterocycles. The molecule has 0 atom stereocenters. The Morgan fingerprint density at radius 2 is 0.836 bits per heavy atom. The molecule has 2 heterocycles. The topological polar surface area (TPSA) is 30.7 Å². The minimum absolute atomic E-state index is 0.681. The van der Waals surface area contributed by atoms with Gasteiger partial charge in [0.05, 0.1) is 28.1 Å². The molecule has 0 aliphatic carbocycles. The Bertz CT molecular complexity index is 3570. The smallest absolute Gasteiger partial charge is 0.160 e. The normalized spacial score (nSPS) is 11.6. The third-order valence-corrected chi connectivity index (χ3v) is 12.2. The van der Waals surface area contributed by atoms with E-state index >= 15 is 0 Å². The molecule has 0 radical (unpaired) electrons. The first-order chi connectivity index (χ1) is 30.2. The van der Waals surface area contributed by atoms with Gasteiger partial charge >= 0.3 is 0 Å². The average molecular weight is 776 g/mol. The van der Waals surface area contributed by atoms with Gasteiger partial charge < -0.3 is 4.57 Å². The molecular weight excluding hydrogens is 739 g/mol. The lowest BCUT2D eigenvalue weighted by atomic mass is 9.89. The zero-order valence-corrected chi connectivity index (χ0v) is 33.2. The Hall–Kier alpha value is -8.14. The summed E-state index contributed by atoms with van der Waals surface area (Å²) in [6.07, 6.45) is 0. The Labute approximate surface area is 353 Å². The monoisotopic (exact) mass is 775 g/mol. The summed E-state index contributed by atoms with van der Waals surface area (Å²) in [5.74, 6) is 0.681. The van der Waals surface area contributed by atoms with E-state index in [-0.39, 0.29) is 0 Å². The molecule has 2 aromatic heterocycles. The minimum atomic E-state index is 0.681. The number of para-hydroxylation sites is 3. The van der Waals surface area contributed by atoms with Gasteiger partial charge in [-0.25, -0.2) is 9.97 Å². The first kappa shape index (κ1) is 34.9. The van der Waals surface area contributed by atoms with Gasteiger partial charge in [-0.15, -0.1) is 0 Å². The number of nitrogens with zero attached hydrogens (tertiary/aromatic N) is 3. The van der Waals surface area contributed by atoms with E-state index in [0.29, 0.717) is 5.82 Å². The van der Waals surface area contributed by atoms with E-state index in [2.05, 4.69) is 229 Å². The van der Waals surface area contributed by atoms with Crippen LogP contribution in [0.1, 0.15) is 0 Å². The Kier molecular flexibility index (Phi) is 8.17. The third-order valence-electron chi connectivity index (χ3n) is 12.2. The van der Waals surface area contributed by atoms with Gasteiger partial charge in [0.1, 0.15) is 0 Å². The van der Waals surface area contributed by atoms with E-state index in [4.69, 9.17) is 9.97 Å². The lowest BCUT2D eigenvalue weighted by Gasteiger charge is -2.16. The Balaban J connectivity index is 1.04. The molecule has 12 rings (SSSR count). The number of fused-ring (bicyclic) bond motifs is 7. The van der Waals surface area contributed by atoms with Crippen LogP contribution in [0, 0.1) is 0 Å². The van der Waals surface area contributed by atoms with Gasteiger partial charge in [-0.3, -0.25) is 0 Å². The fourth-order valence-electron chi connectivity index (χ4n) is 9.31. The number of rotatable bonds is 6. The van der Waals surface area contributed by atoms with Gasteiger partial charge in [-0.1, -0.05) is 194 Å². The fraction of sp³-hybridized carbons (Fsp3) is 0. The first-order valence-electron chi connectivity index (χ1n) is 20.8. The van der Waals surface area contributed by atoms with E-state index in [1.807, 2.05) is 0 Å². The molecule has 0 amide bonds. The van der Waals surface area contributed by atoms with Gasteiger partial charge in [0, 0.05) is 27.5 Å². The number of aromatic nitrogens is 3. The van der Waals surface area contributed by atoms with Gasteiger partial charge in [0.25, 0.3) is 0 Å². The minimum Gasteiger partial charge on any atom is -0.309 e. The van der Waals surface area contributed by atoms with Crippen LogP contribution < -0.4 is 0 Å². The second-order valence-corrected chi connectivity index (χ2v) is 15.7. The molecular formula is C58H37N3. The Morgan fingerprint density at radius 1 is 0.295 bits per heavy atom. The average Bonchev–Trinajstić information content (AvgIpc) is 3.68. The predicted molar refractivity (Wildman–Crippen MR) is 256 cm³/mol. The van der Waals surface area contributed by atoms with Crippen LogP contribution in [0.25, 0.3) is 116 Å². The molecule has 284 valence electrons. The van der Waals surface area contributed by atoms with E-state index < -0.39 is 0 Å². The lowest BCUT2D eigenvalue weighted by molar-refractivity contribution is 1.15. The van der Waals surface area contributed by atoms with Crippen molar-refractivity contribution in [2.75, 3.05) is 0 Å². The van der Waals surface area contributed by atoms with Gasteiger partial charge in [0.2, 0.25) is 0 Å². The summed E-state index contributed by atoms with van der Waals surface area (Å²) in [6, 6.07) is 80.4. The van der Waals surface area contributed by atoms with E-state index in [9.17, 15) is 0 Å². The maximum Gasteiger partial charge on any atom is 0.160 e. The van der Waals surface area contributed by atoms with Crippen molar-refractivity contribution >= 4 is 54.1 Å². The van der Waals surface area contributed by atoms with E-state index in [1.165, 1.54) is 59.8 Å². The van der Waals surface area contributed by atoms with Gasteiger partial charge in [-0.05, 0) is 84.9 Å². The van der Waals surface area contributed by atoms with Crippen molar-refractivity contribution < 1.29 is 0 Å². The van der Waals surface area contributed by atoms with Crippen LogP contribution in [0.5, 0.6) is 0 Å². The molecule has 0 spiro atoms. The molecule has 0 aliphatic rings. The van der Waals surface area contributed by atoms with Crippen LogP contribution in [-0.2, 0) is 0 Å². The molecule has 3 heteroatoms. The predicted octanol–water partition coefficient (Wildman–Crippen LogP) is 15.4. The zero-order chi connectivity index (χ0) is 40.3. The fourth-order valence-corrected chi connectivity index (χ4v) is 9.31. The number of benzene rings is 10. The van der Waals surface area contributed by atoms with E-state index in [0.717, 1.165) is 50.4 Å². The van der Waals surface area contributed by atoms with Crippen molar-refractivity contribution in [2.45, 2.75) is 0 Å². The summed E-state index contributed by atoms with van der Waals surface area (Å²) in [6.45, 7) is 0. The molecule has 0 saturated carbocycles. The van der Waals surface area contributed by atoms with Crippen LogP contribution in [0.4, 0.5) is 0 Å². The number of hydrogen-bond acceptors (Lipinski definition) is 2. The molecule has 0 bridgehead atoms. The van der Waals surface area contributed by atoms with Crippen LogP contribution >= 0.6 is 0 Å². The first-order valence-corrected chi connectivity index (χ1v) is 20.8. The maximum atomic E-state index is 5.37. The van der Waals surface area contributed by atoms with Crippen LogP contribution in [0.3, 0.4) is 0 Å². The standard InChI is InChI=1S/C58H37N3/c1-2-14-38(15-3-1)39-26-32-43(33-27-39)58-59-52(37-53(60-58)50-22-10-13-25-56(50)61-54-23-11-8-20-47(54)48-21-9-12-24-55(48)61)41-28-30-42(31-29-41)57-46-19-7-5-17-44(46)36-51-45-18-6-4-16-40(45)34-35-49(51)57/h1-37H. The summed E-state index contributed by atoms with van der Waals surface area (Å²) in [5, 5.41) is 9.95. The summed E-state index contributed by atoms with van der Waals surface area (Å²) < 4.78 is 2.38. The molecule has 0 fully saturated rings. The highest BCUT2D eigenvalue weighted by Gasteiger charge is 2.19. The van der Waals surface area contributed by atoms with Gasteiger partial charge in [0.15, 0.2) is 5.82 Å². The van der Waals surface area contributed by atoms with Crippen LogP contribution in [0.15, 0.2) is 224 Å².